The van der Waals surface area contributed by atoms with Crippen LogP contribution in [0, 0.1) is 0 Å². The molecular formula is C22H23N3O4S. The summed E-state index contributed by atoms with van der Waals surface area (Å²) >= 11 is 0. The maximum atomic E-state index is 13.3. The van der Waals surface area contributed by atoms with E-state index in [1.165, 1.54) is 31.6 Å². The number of aryl methyl sites for hydroxylation is 1. The molecule has 0 aliphatic carbocycles. The van der Waals surface area contributed by atoms with Crippen LogP contribution in [0.5, 0.6) is 5.75 Å². The maximum absolute atomic E-state index is 13.3. The molecule has 0 spiro atoms. The van der Waals surface area contributed by atoms with Gasteiger partial charge in [-0.2, -0.15) is 0 Å². The third-order valence-electron chi connectivity index (χ3n) is 4.49. The summed E-state index contributed by atoms with van der Waals surface area (Å²) in [4.78, 5) is 16.6. The fourth-order valence-corrected chi connectivity index (χ4v) is 4.28. The third-order valence-corrected chi connectivity index (χ3v) is 6.25. The van der Waals surface area contributed by atoms with Gasteiger partial charge in [-0.05, 0) is 60.5 Å². The van der Waals surface area contributed by atoms with Crippen molar-refractivity contribution in [3.05, 3.63) is 78.6 Å². The van der Waals surface area contributed by atoms with Gasteiger partial charge in [0.05, 0.1) is 12.8 Å². The lowest BCUT2D eigenvalue weighted by atomic mass is 10.1. The van der Waals surface area contributed by atoms with Crippen molar-refractivity contribution in [2.24, 2.45) is 0 Å². The van der Waals surface area contributed by atoms with Crippen LogP contribution >= 0.6 is 0 Å². The first-order valence-electron chi connectivity index (χ1n) is 9.39. The van der Waals surface area contributed by atoms with Crippen LogP contribution in [0.4, 0.5) is 11.4 Å². The van der Waals surface area contributed by atoms with E-state index in [0.29, 0.717) is 17.1 Å². The number of anilines is 2. The van der Waals surface area contributed by atoms with E-state index in [1.807, 2.05) is 25.1 Å². The zero-order chi connectivity index (χ0) is 21.6. The molecule has 1 amide bonds. The van der Waals surface area contributed by atoms with Crippen LogP contribution in [-0.4, -0.2) is 33.0 Å². The summed E-state index contributed by atoms with van der Waals surface area (Å²) in [5, 5.41) is 2.78. The van der Waals surface area contributed by atoms with E-state index in [2.05, 4.69) is 10.3 Å². The highest BCUT2D eigenvalue weighted by Crippen LogP contribution is 2.25. The first-order valence-corrected chi connectivity index (χ1v) is 10.8. The molecule has 0 radical (unpaired) electrons. The van der Waals surface area contributed by atoms with Gasteiger partial charge in [-0.3, -0.25) is 14.1 Å². The molecule has 156 valence electrons. The molecule has 30 heavy (non-hydrogen) atoms. The van der Waals surface area contributed by atoms with Crippen LogP contribution in [0.1, 0.15) is 12.5 Å². The highest BCUT2D eigenvalue weighted by molar-refractivity contribution is 7.92. The van der Waals surface area contributed by atoms with Gasteiger partial charge in [-0.15, -0.1) is 0 Å². The SMILES string of the molecule is CCc1cccc(NC(=O)CN(c2ccc(OC)cc2)S(=O)(=O)c2cccnc2)c1. The van der Waals surface area contributed by atoms with Crippen molar-refractivity contribution in [1.29, 1.82) is 0 Å². The summed E-state index contributed by atoms with van der Waals surface area (Å²) in [6.07, 6.45) is 3.58. The average Bonchev–Trinajstić information content (AvgIpc) is 2.78. The van der Waals surface area contributed by atoms with E-state index in [1.54, 1.807) is 30.3 Å². The molecule has 1 aromatic heterocycles. The second kappa shape index (κ2) is 9.41. The number of methoxy groups -OCH3 is 1. The van der Waals surface area contributed by atoms with E-state index in [-0.39, 0.29) is 11.4 Å². The largest absolute Gasteiger partial charge is 0.497 e. The van der Waals surface area contributed by atoms with Crippen molar-refractivity contribution in [3.63, 3.8) is 0 Å². The summed E-state index contributed by atoms with van der Waals surface area (Å²) in [5.41, 5.74) is 2.03. The molecule has 3 rings (SSSR count). The minimum atomic E-state index is -4.00. The standard InChI is InChI=1S/C22H23N3O4S/c1-3-17-6-4-7-18(14-17)24-22(26)16-25(19-9-11-20(29-2)12-10-19)30(27,28)21-8-5-13-23-15-21/h4-15H,3,16H2,1-2H3,(H,24,26). The molecule has 0 aliphatic rings. The number of hydrogen-bond acceptors (Lipinski definition) is 5. The Labute approximate surface area is 176 Å². The Morgan fingerprint density at radius 3 is 2.50 bits per heavy atom. The molecule has 7 nitrogen and oxygen atoms in total. The first-order chi connectivity index (χ1) is 14.4. The van der Waals surface area contributed by atoms with Crippen molar-refractivity contribution in [3.8, 4) is 5.75 Å². The molecular weight excluding hydrogens is 402 g/mol. The van der Waals surface area contributed by atoms with Crippen LogP contribution in [0.15, 0.2) is 78.0 Å². The lowest BCUT2D eigenvalue weighted by molar-refractivity contribution is -0.114. The van der Waals surface area contributed by atoms with Gasteiger partial charge in [0.15, 0.2) is 0 Å². The van der Waals surface area contributed by atoms with Gasteiger partial charge in [-0.1, -0.05) is 19.1 Å². The number of nitrogens with zero attached hydrogens (tertiary/aromatic N) is 2. The highest BCUT2D eigenvalue weighted by Gasteiger charge is 2.27. The van der Waals surface area contributed by atoms with Crippen LogP contribution in [0.3, 0.4) is 0 Å². The van der Waals surface area contributed by atoms with Gasteiger partial charge >= 0.3 is 0 Å². The van der Waals surface area contributed by atoms with E-state index in [4.69, 9.17) is 4.74 Å². The highest BCUT2D eigenvalue weighted by atomic mass is 32.2. The summed E-state index contributed by atoms with van der Waals surface area (Å²) in [6.45, 7) is 1.63. The number of carbonyl (C=O) groups is 1. The quantitative estimate of drug-likeness (QED) is 0.597. The van der Waals surface area contributed by atoms with Gasteiger partial charge in [0, 0.05) is 18.1 Å². The molecule has 0 unspecified atom stereocenters. The van der Waals surface area contributed by atoms with Gasteiger partial charge in [0.2, 0.25) is 5.91 Å². The smallest absolute Gasteiger partial charge is 0.266 e. The summed E-state index contributed by atoms with van der Waals surface area (Å²) in [7, 11) is -2.48. The Kier molecular flexibility index (Phi) is 6.68. The van der Waals surface area contributed by atoms with Crippen LogP contribution in [-0.2, 0) is 21.2 Å². The third kappa shape index (κ3) is 4.96. The predicted octanol–water partition coefficient (Wildman–Crippen LogP) is 3.49. The number of benzene rings is 2. The van der Waals surface area contributed by atoms with Crippen molar-refractivity contribution in [1.82, 2.24) is 4.98 Å². The van der Waals surface area contributed by atoms with Crippen LogP contribution < -0.4 is 14.4 Å². The zero-order valence-corrected chi connectivity index (χ0v) is 17.6. The number of ether oxygens (including phenoxy) is 1. The number of carbonyl (C=O) groups excluding carboxylic acids is 1. The summed E-state index contributed by atoms with van der Waals surface area (Å²) < 4.78 is 32.7. The zero-order valence-electron chi connectivity index (χ0n) is 16.8. The molecule has 3 aromatic rings. The predicted molar refractivity (Wildman–Crippen MR) is 116 cm³/mol. The van der Waals surface area contributed by atoms with Gasteiger partial charge < -0.3 is 10.1 Å². The number of pyridine rings is 1. The monoisotopic (exact) mass is 425 g/mol. The van der Waals surface area contributed by atoms with E-state index in [9.17, 15) is 13.2 Å². The van der Waals surface area contributed by atoms with Crippen molar-refractivity contribution >= 4 is 27.3 Å². The second-order valence-electron chi connectivity index (χ2n) is 6.50. The Morgan fingerprint density at radius 1 is 1.10 bits per heavy atom. The minimum absolute atomic E-state index is 0.00148. The van der Waals surface area contributed by atoms with Crippen molar-refractivity contribution in [2.75, 3.05) is 23.3 Å². The average molecular weight is 426 g/mol. The molecule has 1 heterocycles. The summed E-state index contributed by atoms with van der Waals surface area (Å²) in [6, 6.07) is 16.9. The molecule has 2 aromatic carbocycles. The number of hydrogen-bond donors (Lipinski definition) is 1. The fourth-order valence-electron chi connectivity index (χ4n) is 2.89. The maximum Gasteiger partial charge on any atom is 0.266 e. The number of nitrogens with one attached hydrogen (secondary N) is 1. The number of amides is 1. The van der Waals surface area contributed by atoms with Gasteiger partial charge in [-0.25, -0.2) is 8.42 Å². The van der Waals surface area contributed by atoms with Gasteiger partial charge in [0.25, 0.3) is 10.0 Å². The molecule has 0 aliphatic heterocycles. The van der Waals surface area contributed by atoms with E-state index < -0.39 is 15.9 Å². The molecule has 1 N–H and O–H groups in total. The van der Waals surface area contributed by atoms with Gasteiger partial charge in [0.1, 0.15) is 17.2 Å². The lowest BCUT2D eigenvalue weighted by Crippen LogP contribution is -2.38. The number of aromatic nitrogens is 1. The molecule has 8 heteroatoms. The normalized spacial score (nSPS) is 11.0. The number of rotatable bonds is 8. The Bertz CT molecular complexity index is 1100. The Hall–Kier alpha value is -3.39. The number of sulfonamides is 1. The van der Waals surface area contributed by atoms with Crippen molar-refractivity contribution in [2.45, 2.75) is 18.2 Å². The topological polar surface area (TPSA) is 88.6 Å². The van der Waals surface area contributed by atoms with Crippen LogP contribution in [0.25, 0.3) is 0 Å². The molecule has 0 atom stereocenters. The lowest BCUT2D eigenvalue weighted by Gasteiger charge is -2.24. The fraction of sp³-hybridized carbons (Fsp3) is 0.182. The van der Waals surface area contributed by atoms with Crippen molar-refractivity contribution < 1.29 is 17.9 Å². The minimum Gasteiger partial charge on any atom is -0.497 e. The van der Waals surface area contributed by atoms with E-state index >= 15 is 0 Å². The molecule has 0 bridgehead atoms. The Balaban J connectivity index is 1.91. The Morgan fingerprint density at radius 2 is 1.87 bits per heavy atom. The molecule has 0 fully saturated rings. The molecule has 0 saturated heterocycles. The molecule has 0 saturated carbocycles. The first kappa shape index (κ1) is 21.3. The van der Waals surface area contributed by atoms with E-state index in [0.717, 1.165) is 16.3 Å². The second-order valence-corrected chi connectivity index (χ2v) is 8.36. The van der Waals surface area contributed by atoms with Crippen LogP contribution in [0.2, 0.25) is 0 Å². The summed E-state index contributed by atoms with van der Waals surface area (Å²) in [5.74, 6) is 0.129.